The number of benzene rings is 2. The summed E-state index contributed by atoms with van der Waals surface area (Å²) in [6.45, 7) is 3.70. The summed E-state index contributed by atoms with van der Waals surface area (Å²) in [5.74, 6) is 0.256. The standard InChI is InChI=1S/C19H20F3NO2/c1-3-16(25-17-10-5-4-7-13(17)2)18(24)23-12-14-8-6-9-15(11-14)19(20,21)22/h4-11,16H,3,12H2,1-2H3,(H,23,24). The number of rotatable bonds is 6. The van der Waals surface area contributed by atoms with Crippen LogP contribution >= 0.6 is 0 Å². The van der Waals surface area contributed by atoms with Gasteiger partial charge < -0.3 is 10.1 Å². The molecule has 0 bridgehead atoms. The van der Waals surface area contributed by atoms with Gasteiger partial charge in [0, 0.05) is 6.54 Å². The van der Waals surface area contributed by atoms with Crippen LogP contribution in [0.25, 0.3) is 0 Å². The highest BCUT2D eigenvalue weighted by atomic mass is 19.4. The zero-order chi connectivity index (χ0) is 18.4. The van der Waals surface area contributed by atoms with Crippen LogP contribution in [0.2, 0.25) is 0 Å². The molecule has 2 rings (SSSR count). The average molecular weight is 351 g/mol. The first kappa shape index (κ1) is 18.8. The number of aryl methyl sites for hydroxylation is 1. The fourth-order valence-corrected chi connectivity index (χ4v) is 2.32. The minimum Gasteiger partial charge on any atom is -0.480 e. The Morgan fingerprint density at radius 2 is 1.88 bits per heavy atom. The molecule has 134 valence electrons. The molecule has 1 amide bonds. The van der Waals surface area contributed by atoms with Crippen LogP contribution in [0.4, 0.5) is 13.2 Å². The summed E-state index contributed by atoms with van der Waals surface area (Å²) in [4.78, 5) is 12.3. The SMILES string of the molecule is CCC(Oc1ccccc1C)C(=O)NCc1cccc(C(F)(F)F)c1. The van der Waals surface area contributed by atoms with E-state index in [0.29, 0.717) is 17.7 Å². The van der Waals surface area contributed by atoms with Gasteiger partial charge in [-0.2, -0.15) is 13.2 Å². The quantitative estimate of drug-likeness (QED) is 0.833. The van der Waals surface area contributed by atoms with E-state index in [2.05, 4.69) is 5.32 Å². The third-order valence-electron chi connectivity index (χ3n) is 3.75. The van der Waals surface area contributed by atoms with Crippen molar-refractivity contribution in [2.45, 2.75) is 39.1 Å². The Balaban J connectivity index is 2.00. The Kier molecular flexibility index (Phi) is 6.07. The van der Waals surface area contributed by atoms with Crippen LogP contribution in [0, 0.1) is 6.92 Å². The Morgan fingerprint density at radius 3 is 2.52 bits per heavy atom. The van der Waals surface area contributed by atoms with Crippen LogP contribution in [-0.2, 0) is 17.5 Å². The number of hydrogen-bond donors (Lipinski definition) is 1. The summed E-state index contributed by atoms with van der Waals surface area (Å²) in [5, 5.41) is 2.64. The molecule has 0 aliphatic rings. The first-order valence-corrected chi connectivity index (χ1v) is 7.97. The molecule has 2 aromatic carbocycles. The van der Waals surface area contributed by atoms with Crippen molar-refractivity contribution < 1.29 is 22.7 Å². The maximum Gasteiger partial charge on any atom is 0.416 e. The van der Waals surface area contributed by atoms with Crippen molar-refractivity contribution in [1.29, 1.82) is 0 Å². The highest BCUT2D eigenvalue weighted by molar-refractivity contribution is 5.81. The van der Waals surface area contributed by atoms with Crippen molar-refractivity contribution in [2.24, 2.45) is 0 Å². The molecular formula is C19H20F3NO2. The van der Waals surface area contributed by atoms with E-state index in [4.69, 9.17) is 4.74 Å². The normalized spacial score (nSPS) is 12.5. The molecule has 1 atom stereocenters. The maximum atomic E-state index is 12.7. The van der Waals surface area contributed by atoms with Gasteiger partial charge >= 0.3 is 6.18 Å². The molecule has 0 aliphatic carbocycles. The Bertz CT molecular complexity index is 729. The molecule has 0 spiro atoms. The fraction of sp³-hybridized carbons (Fsp3) is 0.316. The average Bonchev–Trinajstić information content (AvgIpc) is 2.58. The van der Waals surface area contributed by atoms with Gasteiger partial charge in [0.15, 0.2) is 6.10 Å². The molecule has 6 heteroatoms. The lowest BCUT2D eigenvalue weighted by Crippen LogP contribution is -2.37. The minimum absolute atomic E-state index is 0.0103. The Morgan fingerprint density at radius 1 is 1.16 bits per heavy atom. The van der Waals surface area contributed by atoms with Crippen LogP contribution in [-0.4, -0.2) is 12.0 Å². The minimum atomic E-state index is -4.40. The number of alkyl halides is 3. The fourth-order valence-electron chi connectivity index (χ4n) is 2.32. The second kappa shape index (κ2) is 8.05. The highest BCUT2D eigenvalue weighted by Gasteiger charge is 2.30. The summed E-state index contributed by atoms with van der Waals surface area (Å²) in [5.41, 5.74) is 0.558. The number of carbonyl (C=O) groups excluding carboxylic acids is 1. The van der Waals surface area contributed by atoms with Crippen LogP contribution < -0.4 is 10.1 Å². The Hall–Kier alpha value is -2.50. The largest absolute Gasteiger partial charge is 0.480 e. The number of para-hydroxylation sites is 1. The predicted octanol–water partition coefficient (Wildman–Crippen LogP) is 4.49. The van der Waals surface area contributed by atoms with Crippen molar-refractivity contribution in [1.82, 2.24) is 5.32 Å². The zero-order valence-corrected chi connectivity index (χ0v) is 14.1. The molecule has 25 heavy (non-hydrogen) atoms. The van der Waals surface area contributed by atoms with Gasteiger partial charge in [-0.25, -0.2) is 0 Å². The molecule has 0 heterocycles. The lowest BCUT2D eigenvalue weighted by atomic mass is 10.1. The molecule has 0 saturated carbocycles. The lowest BCUT2D eigenvalue weighted by molar-refractivity contribution is -0.137. The molecule has 0 saturated heterocycles. The third kappa shape index (κ3) is 5.24. The van der Waals surface area contributed by atoms with E-state index in [1.165, 1.54) is 6.07 Å². The van der Waals surface area contributed by atoms with Crippen LogP contribution in [0.15, 0.2) is 48.5 Å². The zero-order valence-electron chi connectivity index (χ0n) is 14.1. The van der Waals surface area contributed by atoms with Gasteiger partial charge in [0.25, 0.3) is 5.91 Å². The monoisotopic (exact) mass is 351 g/mol. The van der Waals surface area contributed by atoms with Gasteiger partial charge in [-0.3, -0.25) is 4.79 Å². The van der Waals surface area contributed by atoms with E-state index in [1.807, 2.05) is 32.0 Å². The van der Waals surface area contributed by atoms with E-state index >= 15 is 0 Å². The third-order valence-corrected chi connectivity index (χ3v) is 3.75. The van der Waals surface area contributed by atoms with Gasteiger partial charge in [-0.1, -0.05) is 37.3 Å². The maximum absolute atomic E-state index is 12.7. The second-order valence-corrected chi connectivity index (χ2v) is 5.70. The van der Waals surface area contributed by atoms with E-state index in [0.717, 1.165) is 17.7 Å². The van der Waals surface area contributed by atoms with Gasteiger partial charge in [0.1, 0.15) is 5.75 Å². The number of amides is 1. The smallest absolute Gasteiger partial charge is 0.416 e. The van der Waals surface area contributed by atoms with Crippen LogP contribution in [0.5, 0.6) is 5.75 Å². The molecule has 3 nitrogen and oxygen atoms in total. The van der Waals surface area contributed by atoms with Gasteiger partial charge in [0.2, 0.25) is 0 Å². The topological polar surface area (TPSA) is 38.3 Å². The van der Waals surface area contributed by atoms with E-state index in [9.17, 15) is 18.0 Å². The van der Waals surface area contributed by atoms with Crippen molar-refractivity contribution >= 4 is 5.91 Å². The molecule has 1 unspecified atom stereocenters. The molecule has 0 fully saturated rings. The molecular weight excluding hydrogens is 331 g/mol. The van der Waals surface area contributed by atoms with Crippen LogP contribution in [0.1, 0.15) is 30.0 Å². The number of hydrogen-bond acceptors (Lipinski definition) is 2. The van der Waals surface area contributed by atoms with Gasteiger partial charge in [0.05, 0.1) is 5.56 Å². The second-order valence-electron chi connectivity index (χ2n) is 5.70. The van der Waals surface area contributed by atoms with E-state index in [-0.39, 0.29) is 12.5 Å². The van der Waals surface area contributed by atoms with Crippen molar-refractivity contribution in [3.05, 3.63) is 65.2 Å². The highest BCUT2D eigenvalue weighted by Crippen LogP contribution is 2.29. The van der Waals surface area contributed by atoms with Gasteiger partial charge in [-0.15, -0.1) is 0 Å². The molecule has 2 aromatic rings. The Labute approximate surface area is 144 Å². The van der Waals surface area contributed by atoms with Crippen LogP contribution in [0.3, 0.4) is 0 Å². The predicted molar refractivity (Wildman–Crippen MR) is 89.2 cm³/mol. The lowest BCUT2D eigenvalue weighted by Gasteiger charge is -2.18. The summed E-state index contributed by atoms with van der Waals surface area (Å²) < 4.78 is 43.9. The summed E-state index contributed by atoms with van der Waals surface area (Å²) in [7, 11) is 0. The number of carbonyl (C=O) groups is 1. The van der Waals surface area contributed by atoms with Crippen molar-refractivity contribution in [3.63, 3.8) is 0 Å². The van der Waals surface area contributed by atoms with Crippen molar-refractivity contribution in [2.75, 3.05) is 0 Å². The summed E-state index contributed by atoms with van der Waals surface area (Å²) in [6.07, 6.45) is -4.66. The van der Waals surface area contributed by atoms with E-state index in [1.54, 1.807) is 12.1 Å². The molecule has 0 radical (unpaired) electrons. The number of nitrogens with one attached hydrogen (secondary N) is 1. The summed E-state index contributed by atoms with van der Waals surface area (Å²) in [6, 6.07) is 12.2. The number of ether oxygens (including phenoxy) is 1. The summed E-state index contributed by atoms with van der Waals surface area (Å²) >= 11 is 0. The van der Waals surface area contributed by atoms with Crippen molar-refractivity contribution in [3.8, 4) is 5.75 Å². The first-order valence-electron chi connectivity index (χ1n) is 7.97. The van der Waals surface area contributed by atoms with E-state index < -0.39 is 17.8 Å². The van der Waals surface area contributed by atoms with Gasteiger partial charge in [-0.05, 0) is 42.7 Å². The molecule has 1 N–H and O–H groups in total. The molecule has 0 aliphatic heterocycles. The number of halogens is 3. The first-order chi connectivity index (χ1) is 11.8. The molecule has 0 aromatic heterocycles.